The van der Waals surface area contributed by atoms with Crippen molar-refractivity contribution in [3.63, 3.8) is 0 Å². The fraction of sp³-hybridized carbons (Fsp3) is 0.200. The largest absolute Gasteiger partial charge is 0.460 e. The predicted molar refractivity (Wildman–Crippen MR) is 85.2 cm³/mol. The molecule has 2 aromatic heterocycles. The van der Waals surface area contributed by atoms with Crippen LogP contribution in [-0.4, -0.2) is 16.5 Å². The molecule has 3 rings (SSSR count). The number of nitrogens with one attached hydrogen (secondary N) is 1. The minimum atomic E-state index is 0.421. The highest BCUT2D eigenvalue weighted by atomic mass is 35.5. The maximum Gasteiger partial charge on any atom is 0.153 e. The van der Waals surface area contributed by atoms with E-state index in [1.54, 1.807) is 6.07 Å². The van der Waals surface area contributed by atoms with Gasteiger partial charge in [0.15, 0.2) is 5.58 Å². The van der Waals surface area contributed by atoms with Crippen molar-refractivity contribution in [2.75, 3.05) is 11.9 Å². The summed E-state index contributed by atoms with van der Waals surface area (Å²) in [5, 5.41) is 5.34. The van der Waals surface area contributed by atoms with Crippen molar-refractivity contribution in [3.8, 4) is 0 Å². The van der Waals surface area contributed by atoms with Gasteiger partial charge in [0.2, 0.25) is 0 Å². The van der Waals surface area contributed by atoms with Crippen LogP contribution in [0.5, 0.6) is 0 Å². The van der Waals surface area contributed by atoms with Crippen molar-refractivity contribution < 1.29 is 4.42 Å². The van der Waals surface area contributed by atoms with E-state index in [1.165, 1.54) is 6.33 Å². The van der Waals surface area contributed by atoms with Gasteiger partial charge >= 0.3 is 0 Å². The Labute approximate surface area is 132 Å². The molecule has 0 aliphatic carbocycles. The van der Waals surface area contributed by atoms with Crippen LogP contribution in [0.25, 0.3) is 11.0 Å². The van der Waals surface area contributed by atoms with Crippen molar-refractivity contribution in [1.29, 1.82) is 0 Å². The second-order valence-electron chi connectivity index (χ2n) is 4.66. The van der Waals surface area contributed by atoms with Gasteiger partial charge in [0.1, 0.15) is 23.1 Å². The zero-order valence-corrected chi connectivity index (χ0v) is 12.9. The molecule has 0 amide bonds. The molecule has 2 heterocycles. The number of rotatable bonds is 4. The quantitative estimate of drug-likeness (QED) is 0.719. The molecule has 21 heavy (non-hydrogen) atoms. The molecule has 6 heteroatoms. The molecule has 0 aliphatic rings. The van der Waals surface area contributed by atoms with Crippen LogP contribution in [-0.2, 0) is 6.42 Å². The molecule has 0 spiro atoms. The van der Waals surface area contributed by atoms with Gasteiger partial charge in [-0.25, -0.2) is 9.97 Å². The number of benzene rings is 1. The summed E-state index contributed by atoms with van der Waals surface area (Å²) in [6, 6.07) is 7.48. The maximum atomic E-state index is 6.15. The van der Waals surface area contributed by atoms with Crippen molar-refractivity contribution >= 4 is 40.0 Å². The molecule has 0 unspecified atom stereocenters. The Kier molecular flexibility index (Phi) is 3.99. The highest BCUT2D eigenvalue weighted by Crippen LogP contribution is 2.31. The Morgan fingerprint density at radius 3 is 2.90 bits per heavy atom. The van der Waals surface area contributed by atoms with Crippen LogP contribution >= 0.6 is 23.2 Å². The van der Waals surface area contributed by atoms with Crippen molar-refractivity contribution in [1.82, 2.24) is 9.97 Å². The fourth-order valence-electron chi connectivity index (χ4n) is 2.31. The van der Waals surface area contributed by atoms with Gasteiger partial charge in [0.05, 0.1) is 5.02 Å². The number of hydrogen-bond acceptors (Lipinski definition) is 4. The molecule has 0 atom stereocenters. The number of aromatic nitrogens is 2. The molecule has 4 nitrogen and oxygen atoms in total. The van der Waals surface area contributed by atoms with E-state index in [0.717, 1.165) is 35.3 Å². The van der Waals surface area contributed by atoms with Crippen LogP contribution in [0.3, 0.4) is 0 Å². The van der Waals surface area contributed by atoms with E-state index in [2.05, 4.69) is 15.3 Å². The third-order valence-corrected chi connectivity index (χ3v) is 3.79. The van der Waals surface area contributed by atoms with Gasteiger partial charge < -0.3 is 9.73 Å². The average molecular weight is 322 g/mol. The first-order valence-electron chi connectivity index (χ1n) is 6.53. The zero-order chi connectivity index (χ0) is 14.8. The fourth-order valence-corrected chi connectivity index (χ4v) is 2.67. The standard InChI is InChI=1S/C15H13Cl2N3O/c1-9-10(11-3-2-4-12(16)15(11)21-9)5-6-18-14-7-13(17)19-8-20-14/h2-4,7-8H,5-6H2,1H3,(H,18,19,20). The lowest BCUT2D eigenvalue weighted by Gasteiger charge is -2.05. The minimum Gasteiger partial charge on any atom is -0.460 e. The van der Waals surface area contributed by atoms with Crippen LogP contribution in [0.15, 0.2) is 35.0 Å². The van der Waals surface area contributed by atoms with Crippen LogP contribution < -0.4 is 5.32 Å². The summed E-state index contributed by atoms with van der Waals surface area (Å²) in [4.78, 5) is 7.95. The van der Waals surface area contributed by atoms with Crippen LogP contribution in [0.2, 0.25) is 10.2 Å². The lowest BCUT2D eigenvalue weighted by Crippen LogP contribution is -2.06. The average Bonchev–Trinajstić information content (AvgIpc) is 2.77. The van der Waals surface area contributed by atoms with Crippen LogP contribution in [0, 0.1) is 6.92 Å². The second kappa shape index (κ2) is 5.92. The molecular formula is C15H13Cl2N3O. The number of halogens is 2. The number of furan rings is 1. The number of anilines is 1. The molecule has 0 fully saturated rings. The second-order valence-corrected chi connectivity index (χ2v) is 5.45. The monoisotopic (exact) mass is 321 g/mol. The van der Waals surface area contributed by atoms with Crippen molar-refractivity contribution in [2.24, 2.45) is 0 Å². The molecule has 1 N–H and O–H groups in total. The van der Waals surface area contributed by atoms with E-state index in [-0.39, 0.29) is 0 Å². The third-order valence-electron chi connectivity index (χ3n) is 3.29. The first-order chi connectivity index (χ1) is 10.1. The molecule has 0 aliphatic heterocycles. The van der Waals surface area contributed by atoms with Gasteiger partial charge in [-0.2, -0.15) is 0 Å². The molecule has 3 aromatic rings. The Morgan fingerprint density at radius 1 is 1.24 bits per heavy atom. The highest BCUT2D eigenvalue weighted by molar-refractivity contribution is 6.34. The lowest BCUT2D eigenvalue weighted by molar-refractivity contribution is 0.572. The Balaban J connectivity index is 1.76. The number of fused-ring (bicyclic) bond motifs is 1. The summed E-state index contributed by atoms with van der Waals surface area (Å²) >= 11 is 12.0. The summed E-state index contributed by atoms with van der Waals surface area (Å²) in [6.45, 7) is 2.67. The van der Waals surface area contributed by atoms with Gasteiger partial charge in [-0.05, 0) is 19.4 Å². The van der Waals surface area contributed by atoms with Gasteiger partial charge in [-0.3, -0.25) is 0 Å². The smallest absolute Gasteiger partial charge is 0.153 e. The molecule has 0 bridgehead atoms. The first-order valence-corrected chi connectivity index (χ1v) is 7.28. The topological polar surface area (TPSA) is 51.0 Å². The molecular weight excluding hydrogens is 309 g/mol. The number of nitrogens with zero attached hydrogens (tertiary/aromatic N) is 2. The maximum absolute atomic E-state index is 6.15. The van der Waals surface area contributed by atoms with E-state index in [4.69, 9.17) is 27.6 Å². The SMILES string of the molecule is Cc1oc2c(Cl)cccc2c1CCNc1cc(Cl)ncn1. The first kappa shape index (κ1) is 14.2. The minimum absolute atomic E-state index is 0.421. The zero-order valence-electron chi connectivity index (χ0n) is 11.4. The van der Waals surface area contributed by atoms with Crippen molar-refractivity contribution in [3.05, 3.63) is 52.1 Å². The van der Waals surface area contributed by atoms with Gasteiger partial charge in [-0.1, -0.05) is 35.3 Å². The summed E-state index contributed by atoms with van der Waals surface area (Å²) in [5.41, 5.74) is 1.90. The predicted octanol–water partition coefficient (Wildman–Crippen LogP) is 4.49. The van der Waals surface area contributed by atoms with Crippen molar-refractivity contribution in [2.45, 2.75) is 13.3 Å². The lowest BCUT2D eigenvalue weighted by atomic mass is 10.1. The highest BCUT2D eigenvalue weighted by Gasteiger charge is 2.12. The van der Waals surface area contributed by atoms with Gasteiger partial charge in [-0.15, -0.1) is 0 Å². The molecule has 108 valence electrons. The van der Waals surface area contributed by atoms with Crippen LogP contribution in [0.4, 0.5) is 5.82 Å². The van der Waals surface area contributed by atoms with E-state index < -0.39 is 0 Å². The Hall–Kier alpha value is -1.78. The summed E-state index contributed by atoms with van der Waals surface area (Å²) in [6.07, 6.45) is 2.24. The van der Waals surface area contributed by atoms with E-state index >= 15 is 0 Å². The van der Waals surface area contributed by atoms with Crippen LogP contribution in [0.1, 0.15) is 11.3 Å². The molecule has 0 radical (unpaired) electrons. The number of hydrogen-bond donors (Lipinski definition) is 1. The van der Waals surface area contributed by atoms with E-state index in [0.29, 0.717) is 16.0 Å². The van der Waals surface area contributed by atoms with E-state index in [1.807, 2.05) is 25.1 Å². The number of para-hydroxylation sites is 1. The normalized spacial score (nSPS) is 11.0. The Morgan fingerprint density at radius 2 is 2.10 bits per heavy atom. The van der Waals surface area contributed by atoms with E-state index in [9.17, 15) is 0 Å². The summed E-state index contributed by atoms with van der Waals surface area (Å²) in [7, 11) is 0. The summed E-state index contributed by atoms with van der Waals surface area (Å²) in [5.74, 6) is 1.60. The van der Waals surface area contributed by atoms with Gasteiger partial charge in [0, 0.05) is 23.6 Å². The Bertz CT molecular complexity index is 786. The third kappa shape index (κ3) is 2.96. The van der Waals surface area contributed by atoms with Gasteiger partial charge in [0.25, 0.3) is 0 Å². The molecule has 1 aromatic carbocycles. The molecule has 0 saturated carbocycles. The number of aryl methyl sites for hydroxylation is 1. The summed E-state index contributed by atoms with van der Waals surface area (Å²) < 4.78 is 5.75. The molecule has 0 saturated heterocycles.